The molecular formula is C25H25ClN2O4. The highest BCUT2D eigenvalue weighted by Crippen LogP contribution is 2.37. The summed E-state index contributed by atoms with van der Waals surface area (Å²) in [5.41, 5.74) is 2.87. The number of amides is 2. The van der Waals surface area contributed by atoms with Crippen LogP contribution < -0.4 is 20.1 Å². The molecule has 6 nitrogen and oxygen atoms in total. The van der Waals surface area contributed by atoms with Crippen molar-refractivity contribution in [3.05, 3.63) is 82.4 Å². The molecule has 0 aliphatic carbocycles. The monoisotopic (exact) mass is 452 g/mol. The predicted octanol–water partition coefficient (Wildman–Crippen LogP) is 5.95. The molecule has 3 aromatic rings. The SMILES string of the molecule is CCOc1cc(NC(=O)c2cccc(Cl)c2)c(OCC)cc1NC(=O)c1ccc(C)cc1. The zero-order valence-electron chi connectivity index (χ0n) is 18.2. The van der Waals surface area contributed by atoms with Gasteiger partial charge in [-0.15, -0.1) is 0 Å². The van der Waals surface area contributed by atoms with Gasteiger partial charge in [-0.25, -0.2) is 0 Å². The van der Waals surface area contributed by atoms with Crippen LogP contribution in [-0.4, -0.2) is 25.0 Å². The molecule has 0 aliphatic rings. The smallest absolute Gasteiger partial charge is 0.255 e. The number of aryl methyl sites for hydroxylation is 1. The van der Waals surface area contributed by atoms with Gasteiger partial charge in [-0.05, 0) is 51.1 Å². The van der Waals surface area contributed by atoms with Gasteiger partial charge in [0.05, 0.1) is 24.6 Å². The van der Waals surface area contributed by atoms with Gasteiger partial charge in [0.15, 0.2) is 0 Å². The minimum Gasteiger partial charge on any atom is -0.492 e. The summed E-state index contributed by atoms with van der Waals surface area (Å²) < 4.78 is 11.5. The standard InChI is InChI=1S/C25H25ClN2O4/c1-4-31-22-15-21(28-25(30)18-7-6-8-19(26)13-18)23(32-5-2)14-20(22)27-24(29)17-11-9-16(3)10-12-17/h6-15H,4-5H2,1-3H3,(H,27,29)(H,28,30). The first-order valence-corrected chi connectivity index (χ1v) is 10.7. The third-order valence-electron chi connectivity index (χ3n) is 4.58. The van der Waals surface area contributed by atoms with E-state index in [2.05, 4.69) is 10.6 Å². The molecule has 2 amide bonds. The number of rotatable bonds is 8. The number of carbonyl (C=O) groups is 2. The third kappa shape index (κ3) is 5.80. The first-order valence-electron chi connectivity index (χ1n) is 10.3. The van der Waals surface area contributed by atoms with E-state index < -0.39 is 0 Å². The van der Waals surface area contributed by atoms with E-state index >= 15 is 0 Å². The minimum absolute atomic E-state index is 0.274. The van der Waals surface area contributed by atoms with E-state index in [4.69, 9.17) is 21.1 Å². The molecule has 0 atom stereocenters. The molecular weight excluding hydrogens is 428 g/mol. The van der Waals surface area contributed by atoms with E-state index in [-0.39, 0.29) is 11.8 Å². The zero-order chi connectivity index (χ0) is 23.1. The van der Waals surface area contributed by atoms with Crippen molar-refractivity contribution < 1.29 is 19.1 Å². The Bertz CT molecular complexity index is 1110. The summed E-state index contributed by atoms with van der Waals surface area (Å²) >= 11 is 6.00. The molecule has 166 valence electrons. The van der Waals surface area contributed by atoms with Crippen molar-refractivity contribution in [3.8, 4) is 11.5 Å². The van der Waals surface area contributed by atoms with Crippen LogP contribution in [0.25, 0.3) is 0 Å². The van der Waals surface area contributed by atoms with Gasteiger partial charge in [0.2, 0.25) is 0 Å². The predicted molar refractivity (Wildman–Crippen MR) is 127 cm³/mol. The lowest BCUT2D eigenvalue weighted by atomic mass is 10.1. The van der Waals surface area contributed by atoms with Gasteiger partial charge in [-0.1, -0.05) is 35.4 Å². The summed E-state index contributed by atoms with van der Waals surface area (Å²) in [5.74, 6) is 0.208. The van der Waals surface area contributed by atoms with Crippen LogP contribution in [-0.2, 0) is 0 Å². The number of halogens is 1. The summed E-state index contributed by atoms with van der Waals surface area (Å²) in [6, 6.07) is 17.2. The summed E-state index contributed by atoms with van der Waals surface area (Å²) in [5, 5.41) is 6.18. The van der Waals surface area contributed by atoms with Crippen LogP contribution in [0.1, 0.15) is 40.1 Å². The van der Waals surface area contributed by atoms with E-state index in [0.29, 0.717) is 52.2 Å². The van der Waals surface area contributed by atoms with Crippen LogP contribution in [0.4, 0.5) is 11.4 Å². The maximum absolute atomic E-state index is 12.7. The van der Waals surface area contributed by atoms with Crippen LogP contribution >= 0.6 is 11.6 Å². The highest BCUT2D eigenvalue weighted by molar-refractivity contribution is 6.31. The molecule has 32 heavy (non-hydrogen) atoms. The second kappa shape index (κ2) is 10.7. The van der Waals surface area contributed by atoms with E-state index in [0.717, 1.165) is 5.56 Å². The van der Waals surface area contributed by atoms with E-state index in [9.17, 15) is 9.59 Å². The van der Waals surface area contributed by atoms with E-state index in [1.165, 1.54) is 0 Å². The molecule has 0 fully saturated rings. The number of benzene rings is 3. The first-order chi connectivity index (χ1) is 15.4. The molecule has 0 saturated heterocycles. The Hall–Kier alpha value is -3.51. The Morgan fingerprint density at radius 3 is 1.81 bits per heavy atom. The van der Waals surface area contributed by atoms with Gasteiger partial charge in [0.25, 0.3) is 11.8 Å². The molecule has 0 radical (unpaired) electrons. The van der Waals surface area contributed by atoms with Crippen LogP contribution in [0.3, 0.4) is 0 Å². The largest absolute Gasteiger partial charge is 0.492 e. The normalized spacial score (nSPS) is 10.4. The molecule has 7 heteroatoms. The Labute approximate surface area is 192 Å². The van der Waals surface area contributed by atoms with Gasteiger partial charge in [0, 0.05) is 28.3 Å². The van der Waals surface area contributed by atoms with Crippen molar-refractivity contribution in [2.45, 2.75) is 20.8 Å². The fraction of sp³-hybridized carbons (Fsp3) is 0.200. The molecule has 3 rings (SSSR count). The number of hydrogen-bond donors (Lipinski definition) is 2. The second-order valence-corrected chi connectivity index (χ2v) is 7.43. The molecule has 3 aromatic carbocycles. The Morgan fingerprint density at radius 1 is 0.781 bits per heavy atom. The van der Waals surface area contributed by atoms with E-state index in [1.807, 2.05) is 32.9 Å². The zero-order valence-corrected chi connectivity index (χ0v) is 19.0. The summed E-state index contributed by atoms with van der Waals surface area (Å²) in [6.45, 7) is 6.39. The van der Waals surface area contributed by atoms with Gasteiger partial charge >= 0.3 is 0 Å². The Morgan fingerprint density at radius 2 is 1.31 bits per heavy atom. The fourth-order valence-corrected chi connectivity index (χ4v) is 3.22. The second-order valence-electron chi connectivity index (χ2n) is 7.00. The van der Waals surface area contributed by atoms with Crippen molar-refractivity contribution in [1.29, 1.82) is 0 Å². The Kier molecular flexibility index (Phi) is 7.73. The molecule has 0 unspecified atom stereocenters. The van der Waals surface area contributed by atoms with Crippen molar-refractivity contribution in [3.63, 3.8) is 0 Å². The first kappa shape index (κ1) is 23.2. The van der Waals surface area contributed by atoms with Crippen molar-refractivity contribution in [2.75, 3.05) is 23.8 Å². The lowest BCUT2D eigenvalue weighted by Crippen LogP contribution is -2.15. The summed E-state index contributed by atoms with van der Waals surface area (Å²) in [7, 11) is 0. The summed E-state index contributed by atoms with van der Waals surface area (Å²) in [4.78, 5) is 25.5. The average molecular weight is 453 g/mol. The minimum atomic E-state index is -0.340. The highest BCUT2D eigenvalue weighted by atomic mass is 35.5. The molecule has 0 heterocycles. The van der Waals surface area contributed by atoms with E-state index in [1.54, 1.807) is 48.5 Å². The van der Waals surface area contributed by atoms with Gasteiger partial charge in [-0.2, -0.15) is 0 Å². The van der Waals surface area contributed by atoms with Crippen molar-refractivity contribution in [1.82, 2.24) is 0 Å². The lowest BCUT2D eigenvalue weighted by Gasteiger charge is -2.18. The summed E-state index contributed by atoms with van der Waals surface area (Å²) in [6.07, 6.45) is 0. The quantitative estimate of drug-likeness (QED) is 0.442. The van der Waals surface area contributed by atoms with Crippen LogP contribution in [0.5, 0.6) is 11.5 Å². The molecule has 0 saturated carbocycles. The number of anilines is 2. The average Bonchev–Trinajstić information content (AvgIpc) is 2.77. The maximum atomic E-state index is 12.7. The molecule has 0 aromatic heterocycles. The van der Waals surface area contributed by atoms with Crippen LogP contribution in [0.2, 0.25) is 5.02 Å². The number of carbonyl (C=O) groups excluding carboxylic acids is 2. The van der Waals surface area contributed by atoms with Gasteiger partial charge in [-0.3, -0.25) is 9.59 Å². The van der Waals surface area contributed by atoms with Crippen molar-refractivity contribution in [2.24, 2.45) is 0 Å². The van der Waals surface area contributed by atoms with Crippen LogP contribution in [0.15, 0.2) is 60.7 Å². The van der Waals surface area contributed by atoms with Crippen LogP contribution in [0, 0.1) is 6.92 Å². The highest BCUT2D eigenvalue weighted by Gasteiger charge is 2.17. The molecule has 0 spiro atoms. The Balaban J connectivity index is 1.92. The maximum Gasteiger partial charge on any atom is 0.255 e. The van der Waals surface area contributed by atoms with Gasteiger partial charge in [0.1, 0.15) is 11.5 Å². The number of hydrogen-bond acceptors (Lipinski definition) is 4. The fourth-order valence-electron chi connectivity index (χ4n) is 3.03. The van der Waals surface area contributed by atoms with Gasteiger partial charge < -0.3 is 20.1 Å². The number of ether oxygens (including phenoxy) is 2. The topological polar surface area (TPSA) is 76.7 Å². The van der Waals surface area contributed by atoms with Crippen molar-refractivity contribution >= 4 is 34.8 Å². The lowest BCUT2D eigenvalue weighted by molar-refractivity contribution is 0.101. The molecule has 2 N–H and O–H groups in total. The number of nitrogens with one attached hydrogen (secondary N) is 2. The third-order valence-corrected chi connectivity index (χ3v) is 4.81. The molecule has 0 aliphatic heterocycles. The molecule has 0 bridgehead atoms.